The van der Waals surface area contributed by atoms with Crippen LogP contribution in [0.4, 0.5) is 19.6 Å². The Bertz CT molecular complexity index is 1140. The Kier molecular flexibility index (Phi) is 8.14. The van der Waals surface area contributed by atoms with Crippen LogP contribution in [0.3, 0.4) is 0 Å². The van der Waals surface area contributed by atoms with Gasteiger partial charge in [0.15, 0.2) is 10.9 Å². The minimum Gasteiger partial charge on any atom is -0.308 e. The standard InChI is InChI=1S/C20H18F2N4O3S.ClH/c1-24(2)8-9-25(20-23-19-16(22)11-14(21)12-17(19)30-20)18(27)7-6-13-4-3-5-15(10-13)26(28)29;/h3-7,10-12H,8-9H2,1-2H3;1H. The number of amides is 1. The summed E-state index contributed by atoms with van der Waals surface area (Å²) in [5, 5.41) is 11.1. The third kappa shape index (κ3) is 6.03. The van der Waals surface area contributed by atoms with Crippen LogP contribution < -0.4 is 4.90 Å². The summed E-state index contributed by atoms with van der Waals surface area (Å²) in [6, 6.07) is 7.79. The minimum absolute atomic E-state index is 0. The number of benzene rings is 2. The van der Waals surface area contributed by atoms with E-state index in [9.17, 15) is 23.7 Å². The fraction of sp³-hybridized carbons (Fsp3) is 0.200. The van der Waals surface area contributed by atoms with Gasteiger partial charge >= 0.3 is 0 Å². The third-order valence-electron chi connectivity index (χ3n) is 4.17. The first-order chi connectivity index (χ1) is 14.2. The molecule has 31 heavy (non-hydrogen) atoms. The number of fused-ring (bicyclic) bond motifs is 1. The Morgan fingerprint density at radius 3 is 2.65 bits per heavy atom. The molecule has 1 aromatic heterocycles. The van der Waals surface area contributed by atoms with Gasteiger partial charge < -0.3 is 4.90 Å². The lowest BCUT2D eigenvalue weighted by atomic mass is 10.2. The highest BCUT2D eigenvalue weighted by atomic mass is 35.5. The molecule has 0 radical (unpaired) electrons. The van der Waals surface area contributed by atoms with E-state index in [1.807, 2.05) is 19.0 Å². The zero-order valence-electron chi connectivity index (χ0n) is 16.6. The average molecular weight is 469 g/mol. The van der Waals surface area contributed by atoms with Crippen LogP contribution >= 0.6 is 23.7 Å². The molecule has 2 aromatic carbocycles. The molecule has 0 aliphatic heterocycles. The number of rotatable bonds is 7. The SMILES string of the molecule is CN(C)CCN(C(=O)C=Cc1cccc([N+](=O)[O-])c1)c1nc2c(F)cc(F)cc2s1.Cl. The fourth-order valence-corrected chi connectivity index (χ4v) is 3.70. The van der Waals surface area contributed by atoms with Crippen molar-refractivity contribution in [2.24, 2.45) is 0 Å². The first-order valence-corrected chi connectivity index (χ1v) is 9.70. The van der Waals surface area contributed by atoms with Crippen LogP contribution in [-0.2, 0) is 4.79 Å². The summed E-state index contributed by atoms with van der Waals surface area (Å²) in [4.78, 5) is 30.7. The van der Waals surface area contributed by atoms with E-state index in [1.54, 1.807) is 6.07 Å². The van der Waals surface area contributed by atoms with Gasteiger partial charge in [-0.15, -0.1) is 12.4 Å². The predicted octanol–water partition coefficient (Wildman–Crippen LogP) is 4.51. The van der Waals surface area contributed by atoms with Crippen LogP contribution in [0.15, 0.2) is 42.5 Å². The van der Waals surface area contributed by atoms with Gasteiger partial charge in [-0.3, -0.25) is 19.8 Å². The number of aromatic nitrogens is 1. The van der Waals surface area contributed by atoms with Crippen LogP contribution in [0.1, 0.15) is 5.56 Å². The number of likely N-dealkylation sites (N-methyl/N-ethyl adjacent to an activating group) is 1. The first kappa shape index (κ1) is 24.3. The molecular weight excluding hydrogens is 450 g/mol. The van der Waals surface area contributed by atoms with Gasteiger partial charge in [-0.05, 0) is 31.8 Å². The maximum absolute atomic E-state index is 14.0. The van der Waals surface area contributed by atoms with E-state index in [1.165, 1.54) is 41.3 Å². The van der Waals surface area contributed by atoms with Crippen molar-refractivity contribution in [3.8, 4) is 0 Å². The van der Waals surface area contributed by atoms with Gasteiger partial charge in [-0.25, -0.2) is 13.8 Å². The van der Waals surface area contributed by atoms with Crippen LogP contribution in [0.25, 0.3) is 16.3 Å². The van der Waals surface area contributed by atoms with Crippen molar-refractivity contribution in [3.63, 3.8) is 0 Å². The van der Waals surface area contributed by atoms with Gasteiger partial charge in [-0.2, -0.15) is 0 Å². The molecular formula is C20H19ClF2N4O3S. The van der Waals surface area contributed by atoms with Crippen molar-refractivity contribution in [1.82, 2.24) is 9.88 Å². The largest absolute Gasteiger partial charge is 0.308 e. The summed E-state index contributed by atoms with van der Waals surface area (Å²) in [5.74, 6) is -1.94. The number of thiazole rings is 1. The van der Waals surface area contributed by atoms with Crippen LogP contribution in [0.5, 0.6) is 0 Å². The van der Waals surface area contributed by atoms with Crippen molar-refractivity contribution < 1.29 is 18.5 Å². The van der Waals surface area contributed by atoms with Crippen LogP contribution in [0.2, 0.25) is 0 Å². The van der Waals surface area contributed by atoms with Crippen molar-refractivity contribution >= 4 is 56.8 Å². The number of carbonyl (C=O) groups is 1. The number of nitrogens with zero attached hydrogens (tertiary/aromatic N) is 4. The van der Waals surface area contributed by atoms with Gasteiger partial charge in [0.25, 0.3) is 11.6 Å². The van der Waals surface area contributed by atoms with Gasteiger partial charge in [-0.1, -0.05) is 23.5 Å². The lowest BCUT2D eigenvalue weighted by molar-refractivity contribution is -0.384. The highest BCUT2D eigenvalue weighted by Gasteiger charge is 2.20. The average Bonchev–Trinajstić information content (AvgIpc) is 3.10. The number of carbonyl (C=O) groups excluding carboxylic acids is 1. The summed E-state index contributed by atoms with van der Waals surface area (Å²) in [6.07, 6.45) is 2.74. The minimum atomic E-state index is -0.792. The van der Waals surface area contributed by atoms with Crippen LogP contribution in [-0.4, -0.2) is 47.9 Å². The second-order valence-electron chi connectivity index (χ2n) is 6.71. The monoisotopic (exact) mass is 468 g/mol. The normalized spacial score (nSPS) is 11.1. The quantitative estimate of drug-likeness (QED) is 0.289. The topological polar surface area (TPSA) is 79.6 Å². The predicted molar refractivity (Wildman–Crippen MR) is 120 cm³/mol. The van der Waals surface area contributed by atoms with Crippen molar-refractivity contribution in [2.45, 2.75) is 0 Å². The van der Waals surface area contributed by atoms with E-state index in [0.29, 0.717) is 16.8 Å². The number of hydrogen-bond donors (Lipinski definition) is 0. The molecule has 3 aromatic rings. The molecule has 11 heteroatoms. The second kappa shape index (κ2) is 10.4. The summed E-state index contributed by atoms with van der Waals surface area (Å²) in [6.45, 7) is 0.790. The first-order valence-electron chi connectivity index (χ1n) is 8.89. The molecule has 0 aliphatic rings. The van der Waals surface area contributed by atoms with E-state index in [0.717, 1.165) is 17.4 Å². The zero-order chi connectivity index (χ0) is 21.8. The molecule has 0 unspecified atom stereocenters. The van der Waals surface area contributed by atoms with Crippen LogP contribution in [0, 0.1) is 21.7 Å². The summed E-state index contributed by atoms with van der Waals surface area (Å²) >= 11 is 1.01. The summed E-state index contributed by atoms with van der Waals surface area (Å²) in [7, 11) is 3.68. The van der Waals surface area contributed by atoms with E-state index in [4.69, 9.17) is 0 Å². The van der Waals surface area contributed by atoms with Gasteiger partial charge in [0.2, 0.25) is 0 Å². The number of nitro benzene ring substituents is 1. The molecule has 0 aliphatic carbocycles. The second-order valence-corrected chi connectivity index (χ2v) is 7.72. The number of hydrogen-bond acceptors (Lipinski definition) is 6. The zero-order valence-corrected chi connectivity index (χ0v) is 18.3. The molecule has 0 bridgehead atoms. The maximum Gasteiger partial charge on any atom is 0.270 e. The highest BCUT2D eigenvalue weighted by molar-refractivity contribution is 7.22. The highest BCUT2D eigenvalue weighted by Crippen LogP contribution is 2.31. The van der Waals surface area contributed by atoms with Crippen molar-refractivity contribution in [3.05, 3.63) is 69.8 Å². The summed E-state index contributed by atoms with van der Waals surface area (Å²) in [5.41, 5.74) is 0.405. The Labute approximate surface area is 187 Å². The van der Waals surface area contributed by atoms with Gasteiger partial charge in [0, 0.05) is 37.4 Å². The molecule has 0 N–H and O–H groups in total. The lowest BCUT2D eigenvalue weighted by Gasteiger charge is -2.20. The van der Waals surface area contributed by atoms with Gasteiger partial charge in [0.05, 0.1) is 9.62 Å². The smallest absolute Gasteiger partial charge is 0.270 e. The number of anilines is 1. The van der Waals surface area contributed by atoms with Gasteiger partial charge in [0.1, 0.15) is 11.3 Å². The Hall–Kier alpha value is -2.95. The number of nitro groups is 1. The lowest BCUT2D eigenvalue weighted by Crippen LogP contribution is -2.35. The molecule has 0 atom stereocenters. The van der Waals surface area contributed by atoms with E-state index >= 15 is 0 Å². The fourth-order valence-electron chi connectivity index (χ4n) is 2.66. The molecule has 1 heterocycles. The molecule has 0 saturated carbocycles. The molecule has 1 amide bonds. The van der Waals surface area contributed by atoms with E-state index in [-0.39, 0.29) is 35.3 Å². The van der Waals surface area contributed by atoms with Crippen molar-refractivity contribution in [2.75, 3.05) is 32.1 Å². The Morgan fingerprint density at radius 2 is 1.97 bits per heavy atom. The van der Waals surface area contributed by atoms with E-state index in [2.05, 4.69) is 4.98 Å². The third-order valence-corrected chi connectivity index (χ3v) is 5.19. The Morgan fingerprint density at radius 1 is 1.23 bits per heavy atom. The molecule has 7 nitrogen and oxygen atoms in total. The Balaban J connectivity index is 0.00000341. The number of halogens is 3. The number of non-ortho nitro benzene ring substituents is 1. The molecule has 0 spiro atoms. The molecule has 164 valence electrons. The molecule has 0 fully saturated rings. The van der Waals surface area contributed by atoms with E-state index < -0.39 is 22.5 Å². The summed E-state index contributed by atoms with van der Waals surface area (Å²) < 4.78 is 27.8. The van der Waals surface area contributed by atoms with Crippen molar-refractivity contribution in [1.29, 1.82) is 0 Å². The molecule has 0 saturated heterocycles. The maximum atomic E-state index is 14.0. The molecule has 3 rings (SSSR count).